The summed E-state index contributed by atoms with van der Waals surface area (Å²) in [6, 6.07) is 2.00. The lowest BCUT2D eigenvalue weighted by Gasteiger charge is -2.19. The molecule has 0 fully saturated rings. The average Bonchev–Trinajstić information content (AvgIpc) is 2.77. The highest BCUT2D eigenvalue weighted by Crippen LogP contribution is 2.48. The highest BCUT2D eigenvalue weighted by Gasteiger charge is 2.35. The number of hydrogen-bond acceptors (Lipinski definition) is 0. The van der Waals surface area contributed by atoms with Crippen molar-refractivity contribution >= 4 is 32.3 Å². The van der Waals surface area contributed by atoms with E-state index in [4.69, 9.17) is 0 Å². The number of halogens is 11. The molecule has 0 heterocycles. The van der Waals surface area contributed by atoms with Gasteiger partial charge in [-0.05, 0) is 6.07 Å². The van der Waals surface area contributed by atoms with Crippen LogP contribution in [-0.4, -0.2) is 0 Å². The third-order valence-electron chi connectivity index (χ3n) is 5.44. The Balaban J connectivity index is 2.25. The van der Waals surface area contributed by atoms with Crippen LogP contribution in [0.15, 0.2) is 18.2 Å². The van der Waals surface area contributed by atoms with E-state index in [1.165, 1.54) is 0 Å². The molecule has 0 aliphatic rings. The van der Waals surface area contributed by atoms with Crippen LogP contribution >= 0.6 is 0 Å². The predicted molar refractivity (Wildman–Crippen MR) is 95.1 cm³/mol. The Labute approximate surface area is 174 Å². The van der Waals surface area contributed by atoms with Gasteiger partial charge in [-0.3, -0.25) is 0 Å². The smallest absolute Gasteiger partial charge is 0.195 e. The van der Waals surface area contributed by atoms with Crippen molar-refractivity contribution in [3.05, 3.63) is 82.2 Å². The summed E-state index contributed by atoms with van der Waals surface area (Å²) in [5.74, 6) is -24.4. The van der Waals surface area contributed by atoms with Gasteiger partial charge in [-0.25, -0.2) is 48.3 Å². The highest BCUT2D eigenvalue weighted by atomic mass is 19.2. The van der Waals surface area contributed by atoms with Crippen molar-refractivity contribution in [2.75, 3.05) is 0 Å². The van der Waals surface area contributed by atoms with E-state index < -0.39 is 107 Å². The predicted octanol–water partition coefficient (Wildman–Crippen LogP) is 7.78. The standard InChI is InChI=1S/C22H3F11/c23-5-3-1-2-4(13(5)24)6-9-7-8-11(17(28)15(9)26)20(31)22(33)21(32)12(8)19(30)18(29)10(7)16(27)14(6)25/h1-3H. The van der Waals surface area contributed by atoms with E-state index in [1.807, 2.05) is 0 Å². The molecule has 0 radical (unpaired) electrons. The molecule has 0 spiro atoms. The van der Waals surface area contributed by atoms with Gasteiger partial charge in [0.2, 0.25) is 0 Å². The molecule has 0 aromatic heterocycles. The third kappa shape index (κ3) is 2.42. The minimum Gasteiger partial charge on any atom is -0.204 e. The second kappa shape index (κ2) is 6.69. The summed E-state index contributed by atoms with van der Waals surface area (Å²) < 4.78 is 160. The molecule has 0 saturated heterocycles. The summed E-state index contributed by atoms with van der Waals surface area (Å²) in [6.07, 6.45) is 0. The van der Waals surface area contributed by atoms with Crippen molar-refractivity contribution in [3.8, 4) is 11.1 Å². The maximum absolute atomic E-state index is 15.1. The topological polar surface area (TPSA) is 0 Å². The quantitative estimate of drug-likeness (QED) is 0.132. The Morgan fingerprint density at radius 2 is 0.727 bits per heavy atom. The Bertz CT molecular complexity index is 1650. The molecular weight excluding hydrogens is 473 g/mol. The molecule has 5 aromatic rings. The maximum atomic E-state index is 15.1. The Morgan fingerprint density at radius 1 is 0.333 bits per heavy atom. The molecule has 0 unspecified atom stereocenters. The fourth-order valence-corrected chi connectivity index (χ4v) is 4.08. The van der Waals surface area contributed by atoms with E-state index in [0.717, 1.165) is 6.07 Å². The van der Waals surface area contributed by atoms with Crippen molar-refractivity contribution in [1.82, 2.24) is 0 Å². The van der Waals surface area contributed by atoms with E-state index in [1.54, 1.807) is 0 Å². The first-order chi connectivity index (χ1) is 15.5. The van der Waals surface area contributed by atoms with Crippen LogP contribution in [0, 0.1) is 64.0 Å². The van der Waals surface area contributed by atoms with Gasteiger partial charge in [-0.15, -0.1) is 0 Å². The lowest BCUT2D eigenvalue weighted by Crippen LogP contribution is -2.08. The summed E-state index contributed by atoms with van der Waals surface area (Å²) in [5, 5.41) is -9.24. The van der Waals surface area contributed by atoms with Crippen LogP contribution < -0.4 is 0 Å². The Hall–Kier alpha value is -3.63. The summed E-state index contributed by atoms with van der Waals surface area (Å²) in [6.45, 7) is 0. The molecule has 0 aliphatic carbocycles. The zero-order chi connectivity index (χ0) is 24.1. The molecule has 5 rings (SSSR count). The number of rotatable bonds is 1. The molecule has 11 heteroatoms. The Kier molecular flexibility index (Phi) is 4.30. The zero-order valence-electron chi connectivity index (χ0n) is 15.4. The minimum atomic E-state index is -2.49. The summed E-state index contributed by atoms with van der Waals surface area (Å²) in [7, 11) is 0. The molecule has 0 bridgehead atoms. The van der Waals surface area contributed by atoms with Crippen molar-refractivity contribution < 1.29 is 48.3 Å². The fraction of sp³-hybridized carbons (Fsp3) is 0. The lowest BCUT2D eigenvalue weighted by molar-refractivity contribution is 0.448. The van der Waals surface area contributed by atoms with Gasteiger partial charge in [0.25, 0.3) is 0 Å². The molecule has 0 aliphatic heterocycles. The first kappa shape index (κ1) is 21.2. The molecular formula is C22H3F11. The average molecular weight is 476 g/mol. The molecule has 0 N–H and O–H groups in total. The number of hydrogen-bond donors (Lipinski definition) is 0. The molecule has 5 aromatic carbocycles. The van der Waals surface area contributed by atoms with Crippen molar-refractivity contribution in [2.24, 2.45) is 0 Å². The molecule has 0 amide bonds. The normalized spacial score (nSPS) is 12.1. The number of benzene rings is 5. The van der Waals surface area contributed by atoms with Crippen molar-refractivity contribution in [1.29, 1.82) is 0 Å². The van der Waals surface area contributed by atoms with Gasteiger partial charge in [-0.2, -0.15) is 0 Å². The summed E-state index contributed by atoms with van der Waals surface area (Å²) in [4.78, 5) is 0. The fourth-order valence-electron chi connectivity index (χ4n) is 4.08. The second-order valence-corrected chi connectivity index (χ2v) is 7.05. The minimum absolute atomic E-state index is 0.558. The van der Waals surface area contributed by atoms with Crippen LogP contribution in [0.25, 0.3) is 43.4 Å². The van der Waals surface area contributed by atoms with E-state index >= 15 is 4.39 Å². The van der Waals surface area contributed by atoms with Gasteiger partial charge >= 0.3 is 0 Å². The van der Waals surface area contributed by atoms with Gasteiger partial charge in [0, 0.05) is 27.3 Å². The molecule has 0 nitrogen and oxygen atoms in total. The third-order valence-corrected chi connectivity index (χ3v) is 5.44. The van der Waals surface area contributed by atoms with Gasteiger partial charge in [0.1, 0.15) is 0 Å². The van der Waals surface area contributed by atoms with E-state index in [-0.39, 0.29) is 0 Å². The molecule has 168 valence electrons. The van der Waals surface area contributed by atoms with E-state index in [0.29, 0.717) is 12.1 Å². The lowest BCUT2D eigenvalue weighted by atomic mass is 9.87. The summed E-state index contributed by atoms with van der Waals surface area (Å²) >= 11 is 0. The first-order valence-electron chi connectivity index (χ1n) is 8.82. The summed E-state index contributed by atoms with van der Waals surface area (Å²) in [5.41, 5.74) is -2.62. The van der Waals surface area contributed by atoms with Gasteiger partial charge in [-0.1, -0.05) is 12.1 Å². The van der Waals surface area contributed by atoms with Crippen LogP contribution in [0.5, 0.6) is 0 Å². The Morgan fingerprint density at radius 3 is 1.24 bits per heavy atom. The van der Waals surface area contributed by atoms with Crippen molar-refractivity contribution in [2.45, 2.75) is 0 Å². The maximum Gasteiger partial charge on any atom is 0.195 e. The SMILES string of the molecule is Fc1cccc(-c2c(F)c(F)c3c(F)c(F)c4c(F)c(F)c(F)c5c(F)c(F)c2c3c45)c1F. The van der Waals surface area contributed by atoms with Crippen LogP contribution in [0.1, 0.15) is 0 Å². The van der Waals surface area contributed by atoms with Crippen LogP contribution in [-0.2, 0) is 0 Å². The first-order valence-corrected chi connectivity index (χ1v) is 8.82. The van der Waals surface area contributed by atoms with E-state index in [9.17, 15) is 43.9 Å². The zero-order valence-corrected chi connectivity index (χ0v) is 15.4. The highest BCUT2D eigenvalue weighted by molar-refractivity contribution is 6.26. The van der Waals surface area contributed by atoms with Crippen LogP contribution in [0.2, 0.25) is 0 Å². The van der Waals surface area contributed by atoms with Gasteiger partial charge in [0.15, 0.2) is 64.0 Å². The van der Waals surface area contributed by atoms with Gasteiger partial charge < -0.3 is 0 Å². The van der Waals surface area contributed by atoms with Crippen LogP contribution in [0.4, 0.5) is 48.3 Å². The second-order valence-electron chi connectivity index (χ2n) is 7.05. The molecule has 0 saturated carbocycles. The van der Waals surface area contributed by atoms with Gasteiger partial charge in [0.05, 0.1) is 16.2 Å². The molecule has 33 heavy (non-hydrogen) atoms. The van der Waals surface area contributed by atoms with E-state index in [2.05, 4.69) is 0 Å². The van der Waals surface area contributed by atoms with Crippen molar-refractivity contribution in [3.63, 3.8) is 0 Å². The largest absolute Gasteiger partial charge is 0.204 e. The van der Waals surface area contributed by atoms with Crippen LogP contribution in [0.3, 0.4) is 0 Å². The molecule has 0 atom stereocenters. The monoisotopic (exact) mass is 476 g/mol.